The molecule has 1 amide bonds. The molecule has 0 fully saturated rings. The minimum Gasteiger partial charge on any atom is -0.508 e. The van der Waals surface area contributed by atoms with Gasteiger partial charge >= 0.3 is 5.97 Å². The third kappa shape index (κ3) is 5.26. The average molecular weight is 373 g/mol. The number of anilines is 1. The first-order chi connectivity index (χ1) is 12.4. The van der Waals surface area contributed by atoms with Crippen LogP contribution in [0.2, 0.25) is 5.02 Å². The second-order valence-electron chi connectivity index (χ2n) is 5.04. The zero-order valence-corrected chi connectivity index (χ0v) is 14.0. The van der Waals surface area contributed by atoms with Crippen LogP contribution in [0, 0.1) is 11.3 Å². The number of carboxylic acids is 1. The van der Waals surface area contributed by atoms with Gasteiger partial charge in [0.25, 0.3) is 5.91 Å². The van der Waals surface area contributed by atoms with Crippen LogP contribution in [0.1, 0.15) is 5.56 Å². The van der Waals surface area contributed by atoms with Crippen molar-refractivity contribution in [1.29, 1.82) is 5.26 Å². The second kappa shape index (κ2) is 8.55. The van der Waals surface area contributed by atoms with Gasteiger partial charge in [0.05, 0.1) is 0 Å². The van der Waals surface area contributed by atoms with Crippen LogP contribution in [-0.4, -0.2) is 28.7 Å². The van der Waals surface area contributed by atoms with E-state index in [-0.39, 0.29) is 22.6 Å². The van der Waals surface area contributed by atoms with Gasteiger partial charge in [-0.15, -0.1) is 0 Å². The lowest BCUT2D eigenvalue weighted by Crippen LogP contribution is -2.13. The minimum atomic E-state index is -1.17. The van der Waals surface area contributed by atoms with Crippen molar-refractivity contribution < 1.29 is 24.5 Å². The number of carboxylic acid groups (broad SMARTS) is 1. The minimum absolute atomic E-state index is 0.0400. The molecule has 2 aromatic carbocycles. The molecule has 0 heterocycles. The highest BCUT2D eigenvalue weighted by Gasteiger charge is 2.12. The Morgan fingerprint density at radius 2 is 1.92 bits per heavy atom. The van der Waals surface area contributed by atoms with Gasteiger partial charge in [-0.1, -0.05) is 11.6 Å². The molecule has 7 nitrogen and oxygen atoms in total. The number of phenols is 1. The molecule has 0 spiro atoms. The number of halogens is 1. The Bertz CT molecular complexity index is 901. The lowest BCUT2D eigenvalue weighted by Gasteiger charge is -2.09. The molecule has 3 N–H and O–H groups in total. The van der Waals surface area contributed by atoms with E-state index in [1.54, 1.807) is 6.07 Å². The Morgan fingerprint density at radius 1 is 1.23 bits per heavy atom. The normalized spacial score (nSPS) is 10.7. The highest BCUT2D eigenvalue weighted by atomic mass is 35.5. The van der Waals surface area contributed by atoms with Gasteiger partial charge in [0.15, 0.2) is 6.61 Å². The van der Waals surface area contributed by atoms with Crippen molar-refractivity contribution in [2.45, 2.75) is 0 Å². The zero-order chi connectivity index (χ0) is 19.1. The summed E-state index contributed by atoms with van der Waals surface area (Å²) in [6.45, 7) is -0.579. The molecular formula is C18H13ClN2O5. The molecule has 132 valence electrons. The standard InChI is InChI=1S/C18H13ClN2O5/c19-13-1-6-16(26-10-17(23)24)11(8-13)7-12(9-20)18(25)21-14-2-4-15(22)5-3-14/h1-8,22H,10H2,(H,21,25)(H,23,24)/b12-7+. The molecule has 8 heteroatoms. The topological polar surface area (TPSA) is 120 Å². The van der Waals surface area contributed by atoms with Crippen LogP contribution < -0.4 is 10.1 Å². The van der Waals surface area contributed by atoms with E-state index in [2.05, 4.69) is 5.32 Å². The Labute approximate surface area is 153 Å². The SMILES string of the molecule is N#C/C(=C\c1cc(Cl)ccc1OCC(=O)O)C(=O)Nc1ccc(O)cc1. The number of benzene rings is 2. The zero-order valence-electron chi connectivity index (χ0n) is 13.3. The van der Waals surface area contributed by atoms with Gasteiger partial charge in [0.2, 0.25) is 0 Å². The molecule has 0 aromatic heterocycles. The number of hydrogen-bond acceptors (Lipinski definition) is 5. The molecule has 0 aliphatic carbocycles. The summed E-state index contributed by atoms with van der Waals surface area (Å²) in [4.78, 5) is 22.9. The molecule has 0 saturated heterocycles. The van der Waals surface area contributed by atoms with Crippen molar-refractivity contribution in [2.24, 2.45) is 0 Å². The van der Waals surface area contributed by atoms with Crippen LogP contribution in [0.4, 0.5) is 5.69 Å². The number of phenolic OH excluding ortho intramolecular Hbond substituents is 1. The molecule has 2 rings (SSSR count). The number of rotatable bonds is 6. The van der Waals surface area contributed by atoms with E-state index >= 15 is 0 Å². The monoisotopic (exact) mass is 372 g/mol. The lowest BCUT2D eigenvalue weighted by molar-refractivity contribution is -0.139. The lowest BCUT2D eigenvalue weighted by atomic mass is 10.1. The number of nitrogens with zero attached hydrogens (tertiary/aromatic N) is 1. The van der Waals surface area contributed by atoms with Crippen LogP contribution >= 0.6 is 11.6 Å². The quantitative estimate of drug-likeness (QED) is 0.407. The van der Waals surface area contributed by atoms with Gasteiger partial charge in [0, 0.05) is 16.3 Å². The highest BCUT2D eigenvalue weighted by Crippen LogP contribution is 2.26. The first-order valence-electron chi connectivity index (χ1n) is 7.25. The number of aliphatic carboxylic acids is 1. The maximum Gasteiger partial charge on any atom is 0.341 e. The van der Waals surface area contributed by atoms with Crippen molar-refractivity contribution in [1.82, 2.24) is 0 Å². The summed E-state index contributed by atoms with van der Waals surface area (Å²) in [5.74, 6) is -1.64. The Hall–Kier alpha value is -3.50. The van der Waals surface area contributed by atoms with Crippen LogP contribution in [-0.2, 0) is 9.59 Å². The summed E-state index contributed by atoms with van der Waals surface area (Å²) in [5, 5.41) is 30.1. The Kier molecular flexibility index (Phi) is 6.20. The molecule has 26 heavy (non-hydrogen) atoms. The largest absolute Gasteiger partial charge is 0.508 e. The molecule has 0 saturated carbocycles. The van der Waals surface area contributed by atoms with Crippen molar-refractivity contribution in [3.05, 3.63) is 58.6 Å². The summed E-state index contributed by atoms with van der Waals surface area (Å²) < 4.78 is 5.14. The van der Waals surface area contributed by atoms with E-state index < -0.39 is 18.5 Å². The predicted molar refractivity (Wildman–Crippen MR) is 94.9 cm³/mol. The fourth-order valence-electron chi connectivity index (χ4n) is 1.95. The molecule has 0 unspecified atom stereocenters. The second-order valence-corrected chi connectivity index (χ2v) is 5.47. The number of nitrogens with one attached hydrogen (secondary N) is 1. The summed E-state index contributed by atoms with van der Waals surface area (Å²) in [5.41, 5.74) is 0.444. The van der Waals surface area contributed by atoms with Gasteiger partial charge in [-0.2, -0.15) is 5.26 Å². The third-order valence-electron chi connectivity index (χ3n) is 3.11. The van der Waals surface area contributed by atoms with Gasteiger partial charge < -0.3 is 20.3 Å². The molecule has 0 aliphatic heterocycles. The summed E-state index contributed by atoms with van der Waals surface area (Å²) in [7, 11) is 0. The maximum atomic E-state index is 12.3. The van der Waals surface area contributed by atoms with Crippen LogP contribution in [0.3, 0.4) is 0 Å². The number of carbonyl (C=O) groups excluding carboxylic acids is 1. The summed E-state index contributed by atoms with van der Waals surface area (Å²) in [6, 6.07) is 11.9. The van der Waals surface area contributed by atoms with Crippen LogP contribution in [0.25, 0.3) is 6.08 Å². The van der Waals surface area contributed by atoms with Crippen LogP contribution in [0.5, 0.6) is 11.5 Å². The molecule has 0 aliphatic rings. The molecule has 0 bridgehead atoms. The van der Waals surface area contributed by atoms with Gasteiger partial charge in [-0.05, 0) is 48.5 Å². The highest BCUT2D eigenvalue weighted by molar-refractivity contribution is 6.30. The Balaban J connectivity index is 2.28. The molecule has 2 aromatic rings. The number of hydrogen-bond donors (Lipinski definition) is 3. The predicted octanol–water partition coefficient (Wildman–Crippen LogP) is 3.05. The Morgan fingerprint density at radius 3 is 2.54 bits per heavy atom. The van der Waals surface area contributed by atoms with E-state index in [0.29, 0.717) is 10.7 Å². The van der Waals surface area contributed by atoms with Crippen molar-refractivity contribution in [3.8, 4) is 17.6 Å². The number of aromatic hydroxyl groups is 1. The van der Waals surface area contributed by atoms with Crippen molar-refractivity contribution in [3.63, 3.8) is 0 Å². The first-order valence-corrected chi connectivity index (χ1v) is 7.63. The van der Waals surface area contributed by atoms with E-state index in [9.17, 15) is 20.0 Å². The van der Waals surface area contributed by atoms with E-state index in [1.165, 1.54) is 48.5 Å². The molecule has 0 radical (unpaired) electrons. The fourth-order valence-corrected chi connectivity index (χ4v) is 2.13. The molecular weight excluding hydrogens is 360 g/mol. The summed E-state index contributed by atoms with van der Waals surface area (Å²) >= 11 is 5.92. The number of amides is 1. The average Bonchev–Trinajstić information content (AvgIpc) is 2.60. The number of ether oxygens (including phenoxy) is 1. The van der Waals surface area contributed by atoms with E-state index in [4.69, 9.17) is 21.4 Å². The van der Waals surface area contributed by atoms with Gasteiger partial charge in [-0.25, -0.2) is 4.79 Å². The molecule has 0 atom stereocenters. The van der Waals surface area contributed by atoms with E-state index in [0.717, 1.165) is 0 Å². The van der Waals surface area contributed by atoms with Crippen LogP contribution in [0.15, 0.2) is 48.0 Å². The van der Waals surface area contributed by atoms with Gasteiger partial charge in [-0.3, -0.25) is 4.79 Å². The third-order valence-corrected chi connectivity index (χ3v) is 3.35. The van der Waals surface area contributed by atoms with Crippen molar-refractivity contribution in [2.75, 3.05) is 11.9 Å². The first kappa shape index (κ1) is 18.8. The number of carbonyl (C=O) groups is 2. The fraction of sp³-hybridized carbons (Fsp3) is 0.0556. The maximum absolute atomic E-state index is 12.3. The smallest absolute Gasteiger partial charge is 0.341 e. The van der Waals surface area contributed by atoms with Crippen molar-refractivity contribution >= 4 is 35.2 Å². The van der Waals surface area contributed by atoms with E-state index in [1.807, 2.05) is 0 Å². The number of nitriles is 1. The summed E-state index contributed by atoms with van der Waals surface area (Å²) in [6.07, 6.45) is 1.25. The van der Waals surface area contributed by atoms with Gasteiger partial charge in [0.1, 0.15) is 23.1 Å².